The van der Waals surface area contributed by atoms with E-state index in [2.05, 4.69) is 9.71 Å². The Labute approximate surface area is 170 Å². The molecule has 0 saturated heterocycles. The van der Waals surface area contributed by atoms with Gasteiger partial charge in [0.2, 0.25) is 15.9 Å². The second kappa shape index (κ2) is 8.45. The topological polar surface area (TPSA) is 68.3 Å². The van der Waals surface area contributed by atoms with Crippen LogP contribution in [0.4, 0.5) is 17.6 Å². The first kappa shape index (κ1) is 21.8. The second-order valence-electron chi connectivity index (χ2n) is 6.67. The molecule has 1 aromatic heterocycles. The number of hydrogen-bond acceptors (Lipinski definition) is 4. The molecule has 1 aliphatic carbocycles. The Bertz CT molecular complexity index is 960. The monoisotopic (exact) mass is 452 g/mol. The van der Waals surface area contributed by atoms with E-state index >= 15 is 0 Å². The summed E-state index contributed by atoms with van der Waals surface area (Å²) < 4.78 is 83.9. The Morgan fingerprint density at radius 1 is 1.10 bits per heavy atom. The summed E-state index contributed by atoms with van der Waals surface area (Å²) in [5, 5.41) is -0.283. The molecule has 1 N–H and O–H groups in total. The van der Waals surface area contributed by atoms with E-state index in [1.807, 2.05) is 0 Å². The average molecular weight is 453 g/mol. The minimum Gasteiger partial charge on any atom is -0.474 e. The number of pyridine rings is 1. The lowest BCUT2D eigenvalue weighted by Crippen LogP contribution is -2.39. The van der Waals surface area contributed by atoms with E-state index in [-0.39, 0.29) is 27.9 Å². The highest BCUT2D eigenvalue weighted by molar-refractivity contribution is 7.89. The van der Waals surface area contributed by atoms with Crippen LogP contribution in [0.2, 0.25) is 5.02 Å². The normalized spacial score (nSPS) is 20.4. The molecule has 0 unspecified atom stereocenters. The summed E-state index contributed by atoms with van der Waals surface area (Å²) in [5.74, 6) is -0.622. The summed E-state index contributed by atoms with van der Waals surface area (Å²) in [7, 11) is -3.86. The lowest BCUT2D eigenvalue weighted by Gasteiger charge is -2.29. The first-order chi connectivity index (χ1) is 13.5. The van der Waals surface area contributed by atoms with Crippen LogP contribution in [0.15, 0.2) is 41.4 Å². The van der Waals surface area contributed by atoms with E-state index in [1.54, 1.807) is 0 Å². The van der Waals surface area contributed by atoms with Crippen molar-refractivity contribution < 1.29 is 30.7 Å². The second-order valence-corrected chi connectivity index (χ2v) is 8.79. The lowest BCUT2D eigenvalue weighted by molar-refractivity contribution is -0.137. The van der Waals surface area contributed by atoms with Gasteiger partial charge in [-0.1, -0.05) is 11.6 Å². The molecule has 0 atom stereocenters. The number of aromatic nitrogens is 1. The van der Waals surface area contributed by atoms with Crippen LogP contribution in [0.1, 0.15) is 31.2 Å². The predicted octanol–water partition coefficient (Wildman–Crippen LogP) is 4.56. The molecule has 0 radical (unpaired) electrons. The van der Waals surface area contributed by atoms with Crippen LogP contribution in [-0.4, -0.2) is 25.5 Å². The largest absolute Gasteiger partial charge is 0.474 e. The van der Waals surface area contributed by atoms with E-state index in [0.29, 0.717) is 31.9 Å². The zero-order valence-corrected chi connectivity index (χ0v) is 16.5. The van der Waals surface area contributed by atoms with Gasteiger partial charge in [0.05, 0.1) is 15.5 Å². The number of nitrogens with one attached hydrogen (secondary N) is 1. The molecule has 2 aromatic rings. The quantitative estimate of drug-likeness (QED) is 0.675. The highest BCUT2D eigenvalue weighted by atomic mass is 35.5. The van der Waals surface area contributed by atoms with E-state index in [0.717, 1.165) is 30.3 Å². The Morgan fingerprint density at radius 2 is 1.79 bits per heavy atom. The predicted molar refractivity (Wildman–Crippen MR) is 97.6 cm³/mol. The van der Waals surface area contributed by atoms with E-state index in [1.165, 1.54) is 0 Å². The molecular weight excluding hydrogens is 436 g/mol. The van der Waals surface area contributed by atoms with Crippen LogP contribution in [0.3, 0.4) is 0 Å². The molecule has 0 aliphatic heterocycles. The molecule has 0 amide bonds. The van der Waals surface area contributed by atoms with Crippen LogP contribution in [0, 0.1) is 5.82 Å². The molecule has 5 nitrogen and oxygen atoms in total. The summed E-state index contributed by atoms with van der Waals surface area (Å²) in [6.45, 7) is 0. The third-order valence-corrected chi connectivity index (χ3v) is 6.36. The number of alkyl halides is 3. The SMILES string of the molecule is O=S(=O)(NC1CCC(Oc2ccc(C(F)(F)F)cn2)CC1)c1ccc(F)c(Cl)c1. The first-order valence-electron chi connectivity index (χ1n) is 8.72. The fourth-order valence-corrected chi connectivity index (χ4v) is 4.59. The van der Waals surface area contributed by atoms with Crippen LogP contribution < -0.4 is 9.46 Å². The van der Waals surface area contributed by atoms with E-state index < -0.39 is 27.6 Å². The fourth-order valence-electron chi connectivity index (χ4n) is 3.02. The number of hydrogen-bond donors (Lipinski definition) is 1. The van der Waals surface area contributed by atoms with Gasteiger partial charge in [-0.15, -0.1) is 0 Å². The number of benzene rings is 1. The number of ether oxygens (including phenoxy) is 1. The van der Waals surface area contributed by atoms with E-state index in [9.17, 15) is 26.0 Å². The molecule has 11 heteroatoms. The van der Waals surface area contributed by atoms with Crippen molar-refractivity contribution >= 4 is 21.6 Å². The van der Waals surface area contributed by atoms with Crippen molar-refractivity contribution in [3.05, 3.63) is 52.9 Å². The van der Waals surface area contributed by atoms with Crippen LogP contribution in [0.5, 0.6) is 5.88 Å². The van der Waals surface area contributed by atoms with Gasteiger partial charge in [0.15, 0.2) is 0 Å². The molecule has 1 saturated carbocycles. The molecule has 3 rings (SSSR count). The molecule has 1 aromatic carbocycles. The van der Waals surface area contributed by atoms with Crippen molar-refractivity contribution in [3.63, 3.8) is 0 Å². The molecule has 0 spiro atoms. The summed E-state index contributed by atoms with van der Waals surface area (Å²) in [5.41, 5.74) is -0.858. The van der Waals surface area contributed by atoms with E-state index in [4.69, 9.17) is 16.3 Å². The van der Waals surface area contributed by atoms with Gasteiger partial charge >= 0.3 is 6.18 Å². The molecule has 0 bridgehead atoms. The minimum absolute atomic E-state index is 0.0861. The Balaban J connectivity index is 1.54. The summed E-state index contributed by atoms with van der Waals surface area (Å²) in [6, 6.07) is 4.88. The zero-order valence-electron chi connectivity index (χ0n) is 14.9. The average Bonchev–Trinajstić information content (AvgIpc) is 2.65. The molecule has 29 heavy (non-hydrogen) atoms. The Morgan fingerprint density at radius 3 is 2.34 bits per heavy atom. The maximum absolute atomic E-state index is 13.2. The third kappa shape index (κ3) is 5.58. The van der Waals surface area contributed by atoms with Crippen molar-refractivity contribution in [2.24, 2.45) is 0 Å². The number of sulfonamides is 1. The van der Waals surface area contributed by atoms with Crippen molar-refractivity contribution in [3.8, 4) is 5.88 Å². The molecular formula is C18H17ClF4N2O3S. The number of nitrogens with zero attached hydrogens (tertiary/aromatic N) is 1. The van der Waals surface area contributed by atoms with Crippen LogP contribution >= 0.6 is 11.6 Å². The van der Waals surface area contributed by atoms with Gasteiger partial charge in [-0.25, -0.2) is 22.5 Å². The van der Waals surface area contributed by atoms with Crippen molar-refractivity contribution in [2.75, 3.05) is 0 Å². The van der Waals surface area contributed by atoms with Gasteiger partial charge in [-0.3, -0.25) is 0 Å². The van der Waals surface area contributed by atoms with Crippen LogP contribution in [0.25, 0.3) is 0 Å². The number of halogens is 5. The highest BCUT2D eigenvalue weighted by Crippen LogP contribution is 2.30. The van der Waals surface area contributed by atoms with Gasteiger partial charge in [0.25, 0.3) is 0 Å². The first-order valence-corrected chi connectivity index (χ1v) is 10.6. The maximum Gasteiger partial charge on any atom is 0.417 e. The molecule has 158 valence electrons. The number of rotatable bonds is 5. The van der Waals surface area contributed by atoms with Gasteiger partial charge in [-0.2, -0.15) is 13.2 Å². The molecule has 1 heterocycles. The van der Waals surface area contributed by atoms with Crippen molar-refractivity contribution in [1.29, 1.82) is 0 Å². The van der Waals surface area contributed by atoms with Gasteiger partial charge in [0, 0.05) is 18.3 Å². The van der Waals surface area contributed by atoms with Crippen molar-refractivity contribution in [2.45, 2.75) is 48.9 Å². The summed E-state index contributed by atoms with van der Waals surface area (Å²) in [4.78, 5) is 3.55. The minimum atomic E-state index is -4.46. The Hall–Kier alpha value is -1.91. The Kier molecular flexibility index (Phi) is 6.35. The lowest BCUT2D eigenvalue weighted by atomic mass is 9.94. The van der Waals surface area contributed by atoms with Crippen molar-refractivity contribution in [1.82, 2.24) is 9.71 Å². The standard InChI is InChI=1S/C18H17ClF4N2O3S/c19-15-9-14(6-7-16(15)20)29(26,27)25-12-2-4-13(5-3-12)28-17-8-1-11(10-24-17)18(21,22)23/h1,6-10,12-13,25H,2-5H2. The van der Waals surface area contributed by atoms with Gasteiger partial charge < -0.3 is 4.74 Å². The summed E-state index contributed by atoms with van der Waals surface area (Å²) in [6.07, 6.45) is -2.09. The van der Waals surface area contributed by atoms with Gasteiger partial charge in [0.1, 0.15) is 11.9 Å². The third-order valence-electron chi connectivity index (χ3n) is 4.55. The highest BCUT2D eigenvalue weighted by Gasteiger charge is 2.31. The van der Waals surface area contributed by atoms with Crippen LogP contribution in [-0.2, 0) is 16.2 Å². The molecule has 1 aliphatic rings. The summed E-state index contributed by atoms with van der Waals surface area (Å²) >= 11 is 5.64. The van der Waals surface area contributed by atoms with Gasteiger partial charge in [-0.05, 0) is 49.9 Å². The smallest absolute Gasteiger partial charge is 0.417 e. The zero-order chi connectivity index (χ0) is 21.2. The molecule has 1 fully saturated rings. The maximum atomic E-state index is 13.2. The fraction of sp³-hybridized carbons (Fsp3) is 0.389.